The maximum atomic E-state index is 12.4. The van der Waals surface area contributed by atoms with Crippen LogP contribution in [0.15, 0.2) is 109 Å². The minimum absolute atomic E-state index is 0.0166. The number of unbranched alkanes of at least 4 members (excludes halogenated alkanes) is 14. The number of ether oxygens (including phenoxy) is 1. The van der Waals surface area contributed by atoms with Crippen LogP contribution >= 0.6 is 7.82 Å². The molecule has 0 saturated carbocycles. The van der Waals surface area contributed by atoms with Crippen molar-refractivity contribution in [3.8, 4) is 0 Å². The zero-order valence-electron chi connectivity index (χ0n) is 40.7. The van der Waals surface area contributed by atoms with Crippen molar-refractivity contribution < 1.29 is 47.8 Å². The Balaban J connectivity index is 3.97. The third kappa shape index (κ3) is 46.7. The van der Waals surface area contributed by atoms with Crippen LogP contribution in [0.3, 0.4) is 0 Å². The van der Waals surface area contributed by atoms with Gasteiger partial charge in [-0.1, -0.05) is 194 Å². The highest BCUT2D eigenvalue weighted by Gasteiger charge is 2.28. The summed E-state index contributed by atoms with van der Waals surface area (Å²) in [6.45, 7) is 2.35. The summed E-state index contributed by atoms with van der Waals surface area (Å²) < 4.78 is 26.8. The molecule has 0 radical (unpaired) electrons. The number of aliphatic hydroxyl groups is 1. The second kappa shape index (κ2) is 47.6. The minimum Gasteiger partial charge on any atom is -0.480 e. The van der Waals surface area contributed by atoms with E-state index < -0.39 is 57.6 Å². The molecule has 0 aromatic carbocycles. The van der Waals surface area contributed by atoms with Crippen LogP contribution in [0.4, 0.5) is 0 Å². The molecule has 11 nitrogen and oxygen atoms in total. The third-order valence-electron chi connectivity index (χ3n) is 10.1. The molecule has 4 N–H and O–H groups in total. The topological polar surface area (TPSA) is 169 Å². The Morgan fingerprint density at radius 2 is 0.909 bits per heavy atom. The first-order valence-corrected chi connectivity index (χ1v) is 26.4. The molecule has 0 rings (SSSR count). The first-order chi connectivity index (χ1) is 32.1. The maximum Gasteiger partial charge on any atom is 0.472 e. The second-order valence-corrected chi connectivity index (χ2v) is 17.7. The van der Waals surface area contributed by atoms with Crippen molar-refractivity contribution in [2.24, 2.45) is 0 Å². The quantitative estimate of drug-likeness (QED) is 0.0200. The molecule has 0 spiro atoms. The summed E-state index contributed by atoms with van der Waals surface area (Å²) in [5.41, 5.74) is 0. The average Bonchev–Trinajstić information content (AvgIpc) is 3.29. The van der Waals surface area contributed by atoms with Gasteiger partial charge in [0.05, 0.1) is 19.6 Å². The molecule has 0 aliphatic rings. The highest BCUT2D eigenvalue weighted by atomic mass is 31.2. The monoisotopic (exact) mass is 942 g/mol. The number of nitrogens with one attached hydrogen (secondary N) is 1. The van der Waals surface area contributed by atoms with Gasteiger partial charge in [0, 0.05) is 6.42 Å². The normalized spacial score (nSPS) is 14.5. The van der Waals surface area contributed by atoms with Crippen molar-refractivity contribution >= 4 is 25.7 Å². The molecule has 3 unspecified atom stereocenters. The average molecular weight is 942 g/mol. The van der Waals surface area contributed by atoms with Gasteiger partial charge in [-0.3, -0.25) is 18.6 Å². The second-order valence-electron chi connectivity index (χ2n) is 16.3. The van der Waals surface area contributed by atoms with Gasteiger partial charge in [-0.15, -0.1) is 0 Å². The zero-order chi connectivity index (χ0) is 48.4. The number of phosphoric ester groups is 1. The van der Waals surface area contributed by atoms with Gasteiger partial charge in [0.15, 0.2) is 6.04 Å². The molecular formula is C54H88NO10P. The van der Waals surface area contributed by atoms with Crippen molar-refractivity contribution in [1.29, 1.82) is 0 Å². The predicted molar refractivity (Wildman–Crippen MR) is 272 cm³/mol. The van der Waals surface area contributed by atoms with Gasteiger partial charge in [-0.2, -0.15) is 0 Å². The smallest absolute Gasteiger partial charge is 0.472 e. The van der Waals surface area contributed by atoms with E-state index in [-0.39, 0.29) is 12.8 Å². The van der Waals surface area contributed by atoms with Crippen molar-refractivity contribution in [1.82, 2.24) is 5.32 Å². The largest absolute Gasteiger partial charge is 0.480 e. The lowest BCUT2D eigenvalue weighted by atomic mass is 10.0. The number of carboxylic acids is 1. The molecule has 1 amide bonds. The minimum atomic E-state index is -4.79. The molecular weight excluding hydrogens is 854 g/mol. The number of carbonyl (C=O) groups excluding carboxylic acids is 2. The fourth-order valence-corrected chi connectivity index (χ4v) is 7.03. The highest BCUT2D eigenvalue weighted by Crippen LogP contribution is 2.43. The third-order valence-corrected chi connectivity index (χ3v) is 11.0. The SMILES string of the molecule is CC/C=C\C/C=C\C/C=C\C/C=C\C/C=C\C/C=C\C/C=C\CC(=O)OCC(O)COP(=O)(O)OCC(NC(=O)CCCCCCCCCCCCC/C=C\C/C=C\CCCCC)C(=O)O. The van der Waals surface area contributed by atoms with E-state index in [1.54, 1.807) is 6.08 Å². The Hall–Kier alpha value is -3.86. The number of amides is 1. The Kier molecular flexibility index (Phi) is 44.8. The van der Waals surface area contributed by atoms with Crippen LogP contribution in [0, 0.1) is 0 Å². The maximum absolute atomic E-state index is 12.4. The standard InChI is InChI=1S/C54H88NO10P/c1-3-5-7-9-11-13-15-17-19-21-23-25-27-29-31-33-35-37-39-41-43-45-52(57)55-51(54(59)60)49-65-66(61,62)64-48-50(56)47-63-53(58)46-44-42-40-38-36-34-32-30-28-26-24-22-20-18-16-14-12-10-8-6-4-2/h6,8,11-14,17-20,24,26,30,32,36,38,42,44,50-51,56H,3-5,7,9-10,15-16,21-23,25,27-29,31,33-35,37,39-41,43,45-49H2,1-2H3,(H,55,57)(H,59,60)(H,61,62)/b8-6-,13-11-,14-12-,19-17-,20-18-,26-24-,32-30-,38-36-,44-42-. The van der Waals surface area contributed by atoms with Crippen molar-refractivity contribution in [2.45, 2.75) is 193 Å². The van der Waals surface area contributed by atoms with Gasteiger partial charge >= 0.3 is 19.8 Å². The van der Waals surface area contributed by atoms with E-state index in [4.69, 9.17) is 13.8 Å². The number of carboxylic acid groups (broad SMARTS) is 1. The molecule has 0 fully saturated rings. The fraction of sp³-hybridized carbons (Fsp3) is 0.611. The number of hydrogen-bond donors (Lipinski definition) is 4. The molecule has 0 aromatic heterocycles. The van der Waals surface area contributed by atoms with Gasteiger partial charge in [-0.05, 0) is 83.5 Å². The lowest BCUT2D eigenvalue weighted by Crippen LogP contribution is -2.43. The highest BCUT2D eigenvalue weighted by molar-refractivity contribution is 7.47. The molecule has 0 saturated heterocycles. The summed E-state index contributed by atoms with van der Waals surface area (Å²) in [6.07, 6.45) is 62.7. The molecule has 0 aliphatic heterocycles. The van der Waals surface area contributed by atoms with E-state index in [2.05, 4.69) is 104 Å². The van der Waals surface area contributed by atoms with Crippen molar-refractivity contribution in [3.05, 3.63) is 109 Å². The lowest BCUT2D eigenvalue weighted by molar-refractivity contribution is -0.146. The molecule has 374 valence electrons. The van der Waals surface area contributed by atoms with E-state index in [1.807, 2.05) is 18.2 Å². The molecule has 12 heteroatoms. The summed E-state index contributed by atoms with van der Waals surface area (Å²) in [6, 6.07) is -1.57. The van der Waals surface area contributed by atoms with E-state index in [1.165, 1.54) is 64.2 Å². The Labute approximate surface area is 399 Å². The fourth-order valence-electron chi connectivity index (χ4n) is 6.25. The Bertz CT molecular complexity index is 1530. The van der Waals surface area contributed by atoms with Gasteiger partial charge < -0.3 is 25.2 Å². The van der Waals surface area contributed by atoms with Crippen LogP contribution in [0.5, 0.6) is 0 Å². The zero-order valence-corrected chi connectivity index (χ0v) is 41.6. The van der Waals surface area contributed by atoms with E-state index in [9.17, 15) is 34.1 Å². The predicted octanol–water partition coefficient (Wildman–Crippen LogP) is 13.8. The lowest BCUT2D eigenvalue weighted by Gasteiger charge is -2.18. The number of allylic oxidation sites excluding steroid dienone is 17. The van der Waals surface area contributed by atoms with E-state index in [0.29, 0.717) is 12.8 Å². The molecule has 0 aromatic rings. The summed E-state index contributed by atoms with van der Waals surface area (Å²) >= 11 is 0. The first-order valence-electron chi connectivity index (χ1n) is 24.9. The van der Waals surface area contributed by atoms with Crippen LogP contribution in [-0.2, 0) is 32.7 Å². The molecule has 3 atom stereocenters. The molecule has 66 heavy (non-hydrogen) atoms. The number of carbonyl (C=O) groups is 3. The van der Waals surface area contributed by atoms with Gasteiger partial charge in [0.1, 0.15) is 12.7 Å². The number of aliphatic hydroxyl groups excluding tert-OH is 1. The van der Waals surface area contributed by atoms with Crippen LogP contribution in [-0.4, -0.2) is 64.9 Å². The van der Waals surface area contributed by atoms with Crippen LogP contribution in [0.1, 0.15) is 181 Å². The molecule has 0 aliphatic carbocycles. The van der Waals surface area contributed by atoms with Gasteiger partial charge in [0.25, 0.3) is 0 Å². The number of esters is 1. The van der Waals surface area contributed by atoms with Crippen LogP contribution < -0.4 is 5.32 Å². The van der Waals surface area contributed by atoms with Gasteiger partial charge in [0.2, 0.25) is 5.91 Å². The van der Waals surface area contributed by atoms with Crippen LogP contribution in [0.25, 0.3) is 0 Å². The Morgan fingerprint density at radius 3 is 1.36 bits per heavy atom. The van der Waals surface area contributed by atoms with Gasteiger partial charge in [-0.25, -0.2) is 9.36 Å². The molecule has 0 bridgehead atoms. The van der Waals surface area contributed by atoms with Crippen molar-refractivity contribution in [2.75, 3.05) is 19.8 Å². The first kappa shape index (κ1) is 62.1. The number of rotatable bonds is 45. The number of hydrogen-bond acceptors (Lipinski definition) is 8. The van der Waals surface area contributed by atoms with Crippen molar-refractivity contribution in [3.63, 3.8) is 0 Å². The summed E-state index contributed by atoms with van der Waals surface area (Å²) in [5.74, 6) is -2.53. The molecule has 0 heterocycles. The Morgan fingerprint density at radius 1 is 0.515 bits per heavy atom. The number of phosphoric acid groups is 1. The van der Waals surface area contributed by atoms with Crippen LogP contribution in [0.2, 0.25) is 0 Å². The number of aliphatic carboxylic acids is 1. The van der Waals surface area contributed by atoms with E-state index in [0.717, 1.165) is 77.0 Å². The van der Waals surface area contributed by atoms with E-state index >= 15 is 0 Å². The summed E-state index contributed by atoms with van der Waals surface area (Å²) in [7, 11) is -4.79. The summed E-state index contributed by atoms with van der Waals surface area (Å²) in [5, 5.41) is 21.9. The summed E-state index contributed by atoms with van der Waals surface area (Å²) in [4.78, 5) is 46.0.